The molecule has 0 unspecified atom stereocenters. The molecule has 0 heterocycles. The summed E-state index contributed by atoms with van der Waals surface area (Å²) in [7, 11) is 1.50. The summed E-state index contributed by atoms with van der Waals surface area (Å²) in [5.41, 5.74) is 1.05. The fourth-order valence-electron chi connectivity index (χ4n) is 2.82. The first-order valence-electron chi connectivity index (χ1n) is 10.2. The number of benzene rings is 3. The van der Waals surface area contributed by atoms with Gasteiger partial charge in [0.2, 0.25) is 5.91 Å². The predicted molar refractivity (Wildman–Crippen MR) is 123 cm³/mol. The number of methoxy groups -OCH3 is 1. The van der Waals surface area contributed by atoms with Gasteiger partial charge in [0.05, 0.1) is 19.2 Å². The SMILES string of the molecule is COc1ccccc1NC(=O)CCC(=O)OCC(=O)Nc1ccc(Oc2ccccc2)cc1. The summed E-state index contributed by atoms with van der Waals surface area (Å²) in [6, 6.07) is 23.1. The lowest BCUT2D eigenvalue weighted by molar-refractivity contribution is -0.147. The lowest BCUT2D eigenvalue weighted by Gasteiger charge is -2.10. The molecule has 0 saturated heterocycles. The van der Waals surface area contributed by atoms with Crippen LogP contribution in [0.2, 0.25) is 0 Å². The highest BCUT2D eigenvalue weighted by atomic mass is 16.5. The molecule has 33 heavy (non-hydrogen) atoms. The molecule has 0 aliphatic heterocycles. The van der Waals surface area contributed by atoms with Gasteiger partial charge in [-0.05, 0) is 48.5 Å². The highest BCUT2D eigenvalue weighted by Gasteiger charge is 2.12. The quantitative estimate of drug-likeness (QED) is 0.446. The van der Waals surface area contributed by atoms with Gasteiger partial charge < -0.3 is 24.8 Å². The maximum atomic E-state index is 12.0. The van der Waals surface area contributed by atoms with Crippen LogP contribution in [0.3, 0.4) is 0 Å². The van der Waals surface area contributed by atoms with Crippen molar-refractivity contribution in [1.29, 1.82) is 0 Å². The van der Waals surface area contributed by atoms with Crippen LogP contribution in [-0.4, -0.2) is 31.5 Å². The summed E-state index contributed by atoms with van der Waals surface area (Å²) in [4.78, 5) is 35.9. The van der Waals surface area contributed by atoms with Gasteiger partial charge in [-0.1, -0.05) is 30.3 Å². The van der Waals surface area contributed by atoms with Crippen molar-refractivity contribution in [2.45, 2.75) is 12.8 Å². The van der Waals surface area contributed by atoms with Crippen molar-refractivity contribution in [3.05, 3.63) is 78.9 Å². The van der Waals surface area contributed by atoms with Crippen LogP contribution in [0.4, 0.5) is 11.4 Å². The van der Waals surface area contributed by atoms with E-state index in [1.807, 2.05) is 30.3 Å². The minimum Gasteiger partial charge on any atom is -0.495 e. The molecule has 3 aromatic rings. The molecular weight excluding hydrogens is 424 g/mol. The Morgan fingerprint density at radius 2 is 1.39 bits per heavy atom. The van der Waals surface area contributed by atoms with Crippen LogP contribution in [0.15, 0.2) is 78.9 Å². The molecule has 2 amide bonds. The van der Waals surface area contributed by atoms with E-state index in [2.05, 4.69) is 10.6 Å². The Balaban J connectivity index is 1.37. The van der Waals surface area contributed by atoms with Gasteiger partial charge in [0.1, 0.15) is 17.2 Å². The van der Waals surface area contributed by atoms with Crippen LogP contribution >= 0.6 is 0 Å². The minimum atomic E-state index is -0.646. The molecule has 0 fully saturated rings. The second-order valence-corrected chi connectivity index (χ2v) is 6.90. The van der Waals surface area contributed by atoms with Gasteiger partial charge >= 0.3 is 5.97 Å². The summed E-state index contributed by atoms with van der Waals surface area (Å²) in [6.45, 7) is -0.449. The Kier molecular flexibility index (Phi) is 8.41. The number of para-hydroxylation sites is 3. The van der Waals surface area contributed by atoms with Crippen molar-refractivity contribution in [3.63, 3.8) is 0 Å². The maximum absolute atomic E-state index is 12.0. The average molecular weight is 448 g/mol. The van der Waals surface area contributed by atoms with Crippen LogP contribution in [0.1, 0.15) is 12.8 Å². The first kappa shape index (κ1) is 23.3. The third-order valence-electron chi connectivity index (χ3n) is 4.42. The van der Waals surface area contributed by atoms with E-state index in [9.17, 15) is 14.4 Å². The van der Waals surface area contributed by atoms with Crippen molar-refractivity contribution in [2.24, 2.45) is 0 Å². The third-order valence-corrected chi connectivity index (χ3v) is 4.42. The second-order valence-electron chi connectivity index (χ2n) is 6.90. The van der Waals surface area contributed by atoms with Crippen LogP contribution < -0.4 is 20.1 Å². The van der Waals surface area contributed by atoms with Crippen LogP contribution in [-0.2, 0) is 19.1 Å². The number of esters is 1. The molecule has 170 valence electrons. The molecule has 0 saturated carbocycles. The number of hydrogen-bond acceptors (Lipinski definition) is 6. The molecule has 0 radical (unpaired) electrons. The lowest BCUT2D eigenvalue weighted by atomic mass is 10.2. The van der Waals surface area contributed by atoms with E-state index in [1.165, 1.54) is 7.11 Å². The summed E-state index contributed by atoms with van der Waals surface area (Å²) in [5, 5.41) is 5.31. The number of carbonyl (C=O) groups is 3. The lowest BCUT2D eigenvalue weighted by Crippen LogP contribution is -2.21. The zero-order chi connectivity index (χ0) is 23.5. The molecule has 3 rings (SSSR count). The molecule has 2 N–H and O–H groups in total. The number of hydrogen-bond donors (Lipinski definition) is 2. The number of ether oxygens (including phenoxy) is 3. The van der Waals surface area contributed by atoms with Crippen molar-refractivity contribution in [2.75, 3.05) is 24.4 Å². The van der Waals surface area contributed by atoms with Crippen molar-refractivity contribution >= 4 is 29.2 Å². The largest absolute Gasteiger partial charge is 0.495 e. The topological polar surface area (TPSA) is 103 Å². The highest BCUT2D eigenvalue weighted by Crippen LogP contribution is 2.24. The molecular formula is C25H24N2O6. The number of carbonyl (C=O) groups excluding carboxylic acids is 3. The summed E-state index contributed by atoms with van der Waals surface area (Å²) >= 11 is 0. The van der Waals surface area contributed by atoms with E-state index in [-0.39, 0.29) is 18.7 Å². The molecule has 8 nitrogen and oxygen atoms in total. The van der Waals surface area contributed by atoms with E-state index in [0.29, 0.717) is 28.6 Å². The first-order chi connectivity index (χ1) is 16.0. The monoisotopic (exact) mass is 448 g/mol. The van der Waals surface area contributed by atoms with E-state index in [1.54, 1.807) is 48.5 Å². The summed E-state index contributed by atoms with van der Waals surface area (Å²) in [6.07, 6.45) is -0.235. The van der Waals surface area contributed by atoms with E-state index in [0.717, 1.165) is 0 Å². The van der Waals surface area contributed by atoms with Crippen molar-refractivity contribution in [1.82, 2.24) is 0 Å². The second kappa shape index (κ2) is 11.9. The molecule has 3 aromatic carbocycles. The molecule has 0 bridgehead atoms. The maximum Gasteiger partial charge on any atom is 0.306 e. The number of anilines is 2. The molecule has 0 aliphatic carbocycles. The first-order valence-corrected chi connectivity index (χ1v) is 10.2. The molecule has 0 aromatic heterocycles. The smallest absolute Gasteiger partial charge is 0.306 e. The molecule has 0 spiro atoms. The van der Waals surface area contributed by atoms with Crippen LogP contribution in [0.25, 0.3) is 0 Å². The van der Waals surface area contributed by atoms with Gasteiger partial charge in [-0.25, -0.2) is 0 Å². The van der Waals surface area contributed by atoms with Gasteiger partial charge in [-0.3, -0.25) is 14.4 Å². The minimum absolute atomic E-state index is 0.0820. The van der Waals surface area contributed by atoms with Crippen molar-refractivity contribution in [3.8, 4) is 17.2 Å². The zero-order valence-electron chi connectivity index (χ0n) is 18.1. The van der Waals surface area contributed by atoms with Gasteiger partial charge in [0.25, 0.3) is 5.91 Å². The zero-order valence-corrected chi connectivity index (χ0v) is 18.1. The third kappa shape index (κ3) is 7.70. The Hall–Kier alpha value is -4.33. The summed E-state index contributed by atoms with van der Waals surface area (Å²) < 4.78 is 15.8. The van der Waals surface area contributed by atoms with Gasteiger partial charge in [-0.2, -0.15) is 0 Å². The predicted octanol–water partition coefficient (Wildman–Crippen LogP) is 4.39. The van der Waals surface area contributed by atoms with Crippen LogP contribution in [0.5, 0.6) is 17.2 Å². The fourth-order valence-corrected chi connectivity index (χ4v) is 2.82. The number of rotatable bonds is 10. The van der Waals surface area contributed by atoms with Gasteiger partial charge in [-0.15, -0.1) is 0 Å². The average Bonchev–Trinajstić information content (AvgIpc) is 2.83. The summed E-state index contributed by atoms with van der Waals surface area (Å²) in [5.74, 6) is 0.351. The molecule has 0 atom stereocenters. The van der Waals surface area contributed by atoms with Crippen LogP contribution in [0, 0.1) is 0 Å². The van der Waals surface area contributed by atoms with Crippen molar-refractivity contribution < 1.29 is 28.6 Å². The molecule has 0 aliphatic rings. The molecule has 8 heteroatoms. The Morgan fingerprint density at radius 3 is 2.12 bits per heavy atom. The number of amides is 2. The normalized spacial score (nSPS) is 10.1. The Morgan fingerprint density at radius 1 is 0.727 bits per heavy atom. The van der Waals surface area contributed by atoms with Gasteiger partial charge in [0.15, 0.2) is 6.61 Å². The highest BCUT2D eigenvalue weighted by molar-refractivity contribution is 5.95. The fraction of sp³-hybridized carbons (Fsp3) is 0.160. The number of nitrogens with one attached hydrogen (secondary N) is 2. The Labute approximate surface area is 191 Å². The van der Waals surface area contributed by atoms with Gasteiger partial charge in [0, 0.05) is 12.1 Å². The Bertz CT molecular complexity index is 1080. The van der Waals surface area contributed by atoms with E-state index in [4.69, 9.17) is 14.2 Å². The van der Waals surface area contributed by atoms with E-state index < -0.39 is 18.5 Å². The standard InChI is InChI=1S/C25H24N2O6/c1-31-22-10-6-5-9-21(22)27-23(28)15-16-25(30)32-17-24(29)26-18-11-13-20(14-12-18)33-19-7-3-2-4-8-19/h2-14H,15-17H2,1H3,(H,26,29)(H,27,28). The van der Waals surface area contributed by atoms with E-state index >= 15 is 0 Å².